The number of fused-ring (bicyclic) bond motifs is 4. The Morgan fingerprint density at radius 2 is 1.51 bits per heavy atom. The van der Waals surface area contributed by atoms with Crippen LogP contribution in [-0.2, 0) is 14.3 Å². The van der Waals surface area contributed by atoms with Gasteiger partial charge in [0.1, 0.15) is 30.1 Å². The summed E-state index contributed by atoms with van der Waals surface area (Å²) in [5.41, 5.74) is 1.61. The lowest BCUT2D eigenvalue weighted by Gasteiger charge is -2.51. The maximum atomic E-state index is 14.1. The van der Waals surface area contributed by atoms with Crippen molar-refractivity contribution in [3.63, 3.8) is 0 Å². The third kappa shape index (κ3) is 7.56. The molecule has 3 aliphatic heterocycles. The Hall–Kier alpha value is -4.16. The number of ketones is 1. The number of carbonyl (C=O) groups excluding carboxylic acids is 3. The molecule has 0 amide bonds. The molecule has 2 bridgehead atoms. The number of carbonyl (C=O) groups is 3. The highest BCUT2D eigenvalue weighted by Gasteiger charge is 2.50. The van der Waals surface area contributed by atoms with E-state index in [-0.39, 0.29) is 23.6 Å². The highest BCUT2D eigenvalue weighted by Crippen LogP contribution is 2.40. The summed E-state index contributed by atoms with van der Waals surface area (Å²) >= 11 is 1.65. The van der Waals surface area contributed by atoms with E-state index in [1.165, 1.54) is 24.3 Å². The smallest absolute Gasteiger partial charge is 0.430 e. The number of nitrogens with zero attached hydrogens (tertiary/aromatic N) is 1. The Morgan fingerprint density at radius 3 is 2.07 bits per heavy atom. The number of carboxylic acid groups (broad SMARTS) is 1. The average molecular weight is 646 g/mol. The zero-order chi connectivity index (χ0) is 32.4. The number of hydrogen-bond acceptors (Lipinski definition) is 6. The standard InChI is InChI=1S/C31H28F2NO3S.C2HF3O2/c32-25-5-1-3-23(16-25)30(24-4-2-6-26(33)17-24)37-31(36)27-18-34(12-9-20(27)10-13-34)19-28(35)21-7-8-29-22(15-21)11-14-38-29;3-2(4,5)1(6)7/h1-8,11,14-17,20,27,30H,9-10,12-13,18-19H2;(H,6,7)/q+1;/p-1. The number of rotatable bonds is 7. The first-order chi connectivity index (χ1) is 21.3. The number of alkyl halides is 3. The summed E-state index contributed by atoms with van der Waals surface area (Å²) in [6, 6.07) is 19.6. The lowest BCUT2D eigenvalue weighted by Crippen LogP contribution is -2.64. The van der Waals surface area contributed by atoms with Gasteiger partial charge in [-0.25, -0.2) is 8.78 Å². The molecular formula is C33H28F5NO5S. The minimum Gasteiger partial charge on any atom is -0.542 e. The lowest BCUT2D eigenvalue weighted by atomic mass is 9.76. The Balaban J connectivity index is 0.000000515. The quantitative estimate of drug-likeness (QED) is 0.109. The van der Waals surface area contributed by atoms with Crippen molar-refractivity contribution in [2.24, 2.45) is 11.8 Å². The van der Waals surface area contributed by atoms with Crippen molar-refractivity contribution >= 4 is 39.1 Å². The minimum atomic E-state index is -5.19. The first-order valence-electron chi connectivity index (χ1n) is 14.2. The van der Waals surface area contributed by atoms with Gasteiger partial charge in [0.15, 0.2) is 6.10 Å². The number of thiophene rings is 1. The Bertz CT molecular complexity index is 1670. The van der Waals surface area contributed by atoms with Gasteiger partial charge in [0.25, 0.3) is 0 Å². The molecule has 0 aliphatic carbocycles. The van der Waals surface area contributed by atoms with E-state index >= 15 is 0 Å². The maximum Gasteiger partial charge on any atom is 0.430 e. The molecule has 3 fully saturated rings. The van der Waals surface area contributed by atoms with Crippen molar-refractivity contribution in [2.75, 3.05) is 26.2 Å². The van der Waals surface area contributed by atoms with E-state index in [0.29, 0.717) is 34.3 Å². The number of esters is 1. The van der Waals surface area contributed by atoms with Crippen LogP contribution in [0.3, 0.4) is 0 Å². The Labute approximate surface area is 259 Å². The molecule has 3 aliphatic rings. The first-order valence-corrected chi connectivity index (χ1v) is 15.1. The van der Waals surface area contributed by atoms with Crippen LogP contribution in [0, 0.1) is 23.5 Å². The molecule has 3 aromatic carbocycles. The third-order valence-electron chi connectivity index (χ3n) is 8.43. The molecule has 4 heterocycles. The molecule has 236 valence electrons. The van der Waals surface area contributed by atoms with Crippen LogP contribution in [0.25, 0.3) is 10.1 Å². The van der Waals surface area contributed by atoms with E-state index in [4.69, 9.17) is 14.6 Å². The zero-order valence-corrected chi connectivity index (χ0v) is 24.6. The van der Waals surface area contributed by atoms with E-state index in [1.807, 2.05) is 29.6 Å². The topological polar surface area (TPSA) is 83.5 Å². The van der Waals surface area contributed by atoms with Crippen molar-refractivity contribution in [3.05, 3.63) is 107 Å². The fourth-order valence-electron chi connectivity index (χ4n) is 6.18. The number of ether oxygens (including phenoxy) is 1. The second-order valence-corrected chi connectivity index (χ2v) is 12.3. The summed E-state index contributed by atoms with van der Waals surface area (Å²) in [7, 11) is 0. The predicted octanol–water partition coefficient (Wildman–Crippen LogP) is 5.85. The van der Waals surface area contributed by atoms with E-state index < -0.39 is 29.9 Å². The fraction of sp³-hybridized carbons (Fsp3) is 0.303. The van der Waals surface area contributed by atoms with Crippen LogP contribution >= 0.6 is 11.3 Å². The summed E-state index contributed by atoms with van der Waals surface area (Å²) in [6.45, 7) is 2.61. The van der Waals surface area contributed by atoms with Gasteiger partial charge in [0.2, 0.25) is 5.78 Å². The number of benzene rings is 3. The summed E-state index contributed by atoms with van der Waals surface area (Å²) in [5, 5.41) is 11.9. The highest BCUT2D eigenvalue weighted by atomic mass is 32.1. The molecule has 0 N–H and O–H groups in total. The molecule has 7 rings (SSSR count). The van der Waals surface area contributed by atoms with E-state index in [2.05, 4.69) is 0 Å². The normalized spacial score (nSPS) is 20.8. The average Bonchev–Trinajstić information content (AvgIpc) is 3.48. The van der Waals surface area contributed by atoms with Gasteiger partial charge in [-0.05, 0) is 76.3 Å². The molecule has 45 heavy (non-hydrogen) atoms. The number of Topliss-reactive ketones (excluding diaryl/α,β-unsaturated/α-hetero) is 1. The number of hydrogen-bond donors (Lipinski definition) is 0. The van der Waals surface area contributed by atoms with Crippen LogP contribution in [0.4, 0.5) is 22.0 Å². The highest BCUT2D eigenvalue weighted by molar-refractivity contribution is 7.17. The van der Waals surface area contributed by atoms with Crippen molar-refractivity contribution in [2.45, 2.75) is 25.1 Å². The van der Waals surface area contributed by atoms with Gasteiger partial charge in [-0.1, -0.05) is 24.3 Å². The molecular weight excluding hydrogens is 617 g/mol. The van der Waals surface area contributed by atoms with Crippen LogP contribution in [0.5, 0.6) is 0 Å². The number of aliphatic carboxylic acids is 1. The second-order valence-electron chi connectivity index (χ2n) is 11.4. The van der Waals surface area contributed by atoms with E-state index in [0.717, 1.165) is 36.0 Å². The van der Waals surface area contributed by atoms with Crippen LogP contribution in [0.15, 0.2) is 78.2 Å². The molecule has 3 saturated heterocycles. The summed E-state index contributed by atoms with van der Waals surface area (Å²) < 4.78 is 67.4. The molecule has 6 nitrogen and oxygen atoms in total. The van der Waals surface area contributed by atoms with Gasteiger partial charge in [-0.2, -0.15) is 13.2 Å². The summed E-state index contributed by atoms with van der Waals surface area (Å²) in [4.78, 5) is 35.8. The number of carboxylic acids is 1. The number of piperidine rings is 3. The fourth-order valence-corrected chi connectivity index (χ4v) is 6.95. The molecule has 1 unspecified atom stereocenters. The van der Waals surface area contributed by atoms with Crippen molar-refractivity contribution in [1.29, 1.82) is 0 Å². The molecule has 0 radical (unpaired) electrons. The van der Waals surface area contributed by atoms with Gasteiger partial charge >= 0.3 is 12.1 Å². The Kier molecular flexibility index (Phi) is 9.36. The van der Waals surface area contributed by atoms with Crippen LogP contribution in [0.2, 0.25) is 0 Å². The van der Waals surface area contributed by atoms with E-state index in [9.17, 15) is 31.5 Å². The van der Waals surface area contributed by atoms with Gasteiger partial charge in [-0.3, -0.25) is 9.59 Å². The predicted molar refractivity (Wildman–Crippen MR) is 154 cm³/mol. The zero-order valence-electron chi connectivity index (χ0n) is 23.8. The largest absolute Gasteiger partial charge is 0.542 e. The molecule has 1 atom stereocenters. The van der Waals surface area contributed by atoms with Crippen LogP contribution in [0.1, 0.15) is 40.4 Å². The maximum absolute atomic E-state index is 14.1. The monoisotopic (exact) mass is 645 g/mol. The number of quaternary nitrogens is 1. The molecule has 0 saturated carbocycles. The van der Waals surface area contributed by atoms with Crippen molar-refractivity contribution < 1.29 is 50.7 Å². The number of halogens is 5. The second kappa shape index (κ2) is 13.1. The van der Waals surface area contributed by atoms with Crippen LogP contribution < -0.4 is 5.11 Å². The van der Waals surface area contributed by atoms with E-state index in [1.54, 1.807) is 35.6 Å². The van der Waals surface area contributed by atoms with Gasteiger partial charge in [0.05, 0.1) is 19.6 Å². The minimum absolute atomic E-state index is 0.0861. The lowest BCUT2D eigenvalue weighted by molar-refractivity contribution is -0.938. The van der Waals surface area contributed by atoms with Gasteiger partial charge in [0, 0.05) is 23.1 Å². The molecule has 12 heteroatoms. The van der Waals surface area contributed by atoms with Crippen molar-refractivity contribution in [3.8, 4) is 0 Å². The van der Waals surface area contributed by atoms with Crippen molar-refractivity contribution in [1.82, 2.24) is 0 Å². The third-order valence-corrected chi connectivity index (χ3v) is 9.32. The first kappa shape index (κ1) is 32.2. The van der Waals surface area contributed by atoms with Gasteiger partial charge in [-0.15, -0.1) is 11.3 Å². The molecule has 0 spiro atoms. The Morgan fingerprint density at radius 1 is 0.911 bits per heavy atom. The molecule has 1 aromatic heterocycles. The SMILES string of the molecule is O=C(C[N+]12CCC(CC1)C(C(=O)OC(c1cccc(F)c1)c1cccc(F)c1)C2)c1ccc2sccc2c1.O=C([O-])C(F)(F)F. The van der Waals surface area contributed by atoms with Gasteiger partial charge < -0.3 is 19.1 Å². The summed E-state index contributed by atoms with van der Waals surface area (Å²) in [5.74, 6) is -4.38. The summed E-state index contributed by atoms with van der Waals surface area (Å²) in [6.07, 6.45) is -4.42. The molecule has 4 aromatic rings. The van der Waals surface area contributed by atoms with Crippen LogP contribution in [-0.4, -0.2) is 54.6 Å².